The second kappa shape index (κ2) is 13.1. The Labute approximate surface area is 265 Å². The molecule has 0 bridgehead atoms. The molecule has 3 aromatic rings. The lowest BCUT2D eigenvalue weighted by Gasteiger charge is -2.45. The minimum absolute atomic E-state index is 0.0383. The SMILES string of the molecule is CCCCCc1ccc(-c2cc3cccc(OC(C)(C)CC(C)(C)OC(=O)C(C)(CC(C)(C)C)C(C)(C)C)c3oc2=O)cc1. The van der Waals surface area contributed by atoms with Crippen molar-refractivity contribution in [2.45, 2.75) is 133 Å². The third-order valence-electron chi connectivity index (χ3n) is 8.65. The quantitative estimate of drug-likeness (QED) is 0.117. The van der Waals surface area contributed by atoms with Gasteiger partial charge in [-0.3, -0.25) is 4.79 Å². The lowest BCUT2D eigenvalue weighted by atomic mass is 9.61. The molecule has 0 N–H and O–H groups in total. The van der Waals surface area contributed by atoms with Crippen LogP contribution in [-0.4, -0.2) is 17.2 Å². The summed E-state index contributed by atoms with van der Waals surface area (Å²) in [5.41, 5.74) is 0.125. The lowest BCUT2D eigenvalue weighted by Crippen LogP contribution is -2.48. The van der Waals surface area contributed by atoms with Crippen LogP contribution in [-0.2, 0) is 16.0 Å². The Kier molecular flexibility index (Phi) is 10.5. The number of hydrogen-bond donors (Lipinski definition) is 0. The fraction of sp³-hybridized carbons (Fsp3) is 0.590. The Balaban J connectivity index is 1.82. The van der Waals surface area contributed by atoms with Crippen LogP contribution in [0.4, 0.5) is 0 Å². The predicted molar refractivity (Wildman–Crippen MR) is 182 cm³/mol. The van der Waals surface area contributed by atoms with Gasteiger partial charge in [0.2, 0.25) is 0 Å². The normalized spacial score (nSPS) is 14.4. The molecule has 1 aromatic heterocycles. The number of para-hydroxylation sites is 1. The van der Waals surface area contributed by atoms with Gasteiger partial charge in [0.1, 0.15) is 11.2 Å². The smallest absolute Gasteiger partial charge is 0.344 e. The number of benzene rings is 2. The first-order valence-electron chi connectivity index (χ1n) is 16.3. The highest BCUT2D eigenvalue weighted by Gasteiger charge is 2.49. The van der Waals surface area contributed by atoms with Gasteiger partial charge in [-0.2, -0.15) is 0 Å². The third kappa shape index (κ3) is 8.99. The first kappa shape index (κ1) is 35.4. The van der Waals surface area contributed by atoms with E-state index in [-0.39, 0.29) is 16.8 Å². The molecule has 1 unspecified atom stereocenters. The number of rotatable bonds is 12. The van der Waals surface area contributed by atoms with E-state index >= 15 is 0 Å². The minimum atomic E-state index is -0.799. The van der Waals surface area contributed by atoms with Crippen LogP contribution in [0.5, 0.6) is 5.75 Å². The van der Waals surface area contributed by atoms with Gasteiger partial charge in [-0.1, -0.05) is 97.7 Å². The Morgan fingerprint density at radius 3 is 2.00 bits per heavy atom. The standard InChI is InChI=1S/C39H56O5/c1-13-14-15-17-27-20-22-28(23-21-27)30-24-29-18-16-19-31(32(29)42-33(30)40)43-37(8,9)26-38(10,11)44-34(41)39(12,36(5,6)7)25-35(2,3)4/h16,18-24H,13-15,17,25-26H2,1-12H3. The summed E-state index contributed by atoms with van der Waals surface area (Å²) >= 11 is 0. The average Bonchev–Trinajstić information content (AvgIpc) is 2.86. The molecule has 2 aromatic carbocycles. The molecule has 0 aliphatic heterocycles. The van der Waals surface area contributed by atoms with Gasteiger partial charge < -0.3 is 13.9 Å². The predicted octanol–water partition coefficient (Wildman–Crippen LogP) is 10.6. The molecule has 0 radical (unpaired) electrons. The van der Waals surface area contributed by atoms with Crippen LogP contribution >= 0.6 is 0 Å². The van der Waals surface area contributed by atoms with Crippen molar-refractivity contribution in [3.8, 4) is 16.9 Å². The van der Waals surface area contributed by atoms with E-state index in [9.17, 15) is 9.59 Å². The molecule has 242 valence electrons. The van der Waals surface area contributed by atoms with Crippen LogP contribution in [0.1, 0.15) is 121 Å². The Morgan fingerprint density at radius 1 is 0.795 bits per heavy atom. The van der Waals surface area contributed by atoms with Crippen molar-refractivity contribution in [3.63, 3.8) is 0 Å². The molecule has 0 aliphatic rings. The van der Waals surface area contributed by atoms with E-state index in [1.54, 1.807) is 0 Å². The van der Waals surface area contributed by atoms with Crippen LogP contribution in [0.25, 0.3) is 22.1 Å². The van der Waals surface area contributed by atoms with Gasteiger partial charge in [-0.15, -0.1) is 0 Å². The number of carbonyl (C=O) groups excluding carboxylic acids is 1. The van der Waals surface area contributed by atoms with Crippen LogP contribution in [0.2, 0.25) is 0 Å². The highest BCUT2D eigenvalue weighted by Crippen LogP contribution is 2.48. The number of esters is 1. The number of fused-ring (bicyclic) bond motifs is 1. The van der Waals surface area contributed by atoms with Crippen molar-refractivity contribution in [3.05, 3.63) is 64.5 Å². The van der Waals surface area contributed by atoms with Crippen LogP contribution < -0.4 is 10.4 Å². The zero-order valence-corrected chi connectivity index (χ0v) is 29.4. The summed E-state index contributed by atoms with van der Waals surface area (Å²) in [4.78, 5) is 27.0. The molecule has 1 atom stereocenters. The first-order valence-corrected chi connectivity index (χ1v) is 16.3. The van der Waals surface area contributed by atoms with Crippen molar-refractivity contribution in [2.75, 3.05) is 0 Å². The number of ether oxygens (including phenoxy) is 2. The van der Waals surface area contributed by atoms with Gasteiger partial charge >= 0.3 is 11.6 Å². The monoisotopic (exact) mass is 604 g/mol. The summed E-state index contributed by atoms with van der Waals surface area (Å²) in [6, 6.07) is 15.7. The Morgan fingerprint density at radius 2 is 1.43 bits per heavy atom. The first-order chi connectivity index (χ1) is 20.2. The van der Waals surface area contributed by atoms with E-state index in [4.69, 9.17) is 13.9 Å². The number of unbranched alkanes of at least 4 members (excludes halogenated alkanes) is 2. The zero-order chi connectivity index (χ0) is 33.1. The molecule has 0 saturated carbocycles. The maximum absolute atomic E-state index is 13.8. The summed E-state index contributed by atoms with van der Waals surface area (Å²) in [5, 5.41) is 0.786. The second-order valence-corrected chi connectivity index (χ2v) is 16.3. The lowest BCUT2D eigenvalue weighted by molar-refractivity contribution is -0.181. The van der Waals surface area contributed by atoms with Crippen molar-refractivity contribution >= 4 is 16.9 Å². The van der Waals surface area contributed by atoms with Gasteiger partial charge in [0.05, 0.1) is 11.0 Å². The van der Waals surface area contributed by atoms with Gasteiger partial charge in [0, 0.05) is 11.8 Å². The summed E-state index contributed by atoms with van der Waals surface area (Å²) in [6.45, 7) is 24.8. The Hall–Kier alpha value is -3.08. The van der Waals surface area contributed by atoms with Crippen LogP contribution in [0.3, 0.4) is 0 Å². The van der Waals surface area contributed by atoms with Gasteiger partial charge in [-0.25, -0.2) is 4.79 Å². The Bertz CT molecular complexity index is 1480. The molecule has 0 amide bonds. The van der Waals surface area contributed by atoms with Gasteiger partial charge in [0.25, 0.3) is 0 Å². The molecule has 0 spiro atoms. The summed E-state index contributed by atoms with van der Waals surface area (Å²) in [7, 11) is 0. The van der Waals surface area contributed by atoms with Crippen molar-refractivity contribution in [2.24, 2.45) is 16.2 Å². The van der Waals surface area contributed by atoms with E-state index in [2.05, 4.69) is 60.6 Å². The third-order valence-corrected chi connectivity index (χ3v) is 8.65. The van der Waals surface area contributed by atoms with Crippen LogP contribution in [0, 0.1) is 16.2 Å². The number of aryl methyl sites for hydroxylation is 1. The fourth-order valence-corrected chi connectivity index (χ4v) is 6.29. The molecule has 1 heterocycles. The van der Waals surface area contributed by atoms with E-state index in [1.165, 1.54) is 24.8 Å². The van der Waals surface area contributed by atoms with E-state index < -0.39 is 22.2 Å². The molecule has 0 saturated heterocycles. The second-order valence-electron chi connectivity index (χ2n) is 16.3. The molecule has 0 fully saturated rings. The fourth-order valence-electron chi connectivity index (χ4n) is 6.29. The van der Waals surface area contributed by atoms with Crippen molar-refractivity contribution < 1.29 is 18.7 Å². The molecular formula is C39H56O5. The van der Waals surface area contributed by atoms with Crippen molar-refractivity contribution in [1.82, 2.24) is 0 Å². The molecular weight excluding hydrogens is 548 g/mol. The molecule has 44 heavy (non-hydrogen) atoms. The summed E-state index contributed by atoms with van der Waals surface area (Å²) in [6.07, 6.45) is 5.76. The zero-order valence-electron chi connectivity index (χ0n) is 29.4. The summed E-state index contributed by atoms with van der Waals surface area (Å²) in [5.74, 6) is 0.287. The molecule has 0 aliphatic carbocycles. The highest BCUT2D eigenvalue weighted by molar-refractivity contribution is 5.86. The number of hydrogen-bond acceptors (Lipinski definition) is 5. The minimum Gasteiger partial charge on any atom is -0.484 e. The van der Waals surface area contributed by atoms with Gasteiger partial charge in [0.15, 0.2) is 11.3 Å². The van der Waals surface area contributed by atoms with Crippen LogP contribution in [0.15, 0.2) is 57.7 Å². The molecule has 5 heteroatoms. The van der Waals surface area contributed by atoms with E-state index in [0.717, 1.165) is 17.4 Å². The van der Waals surface area contributed by atoms with E-state index in [1.807, 2.05) is 71.0 Å². The molecule has 5 nitrogen and oxygen atoms in total. The number of carbonyl (C=O) groups is 1. The summed E-state index contributed by atoms with van der Waals surface area (Å²) < 4.78 is 18.7. The van der Waals surface area contributed by atoms with Gasteiger partial charge in [-0.05, 0) is 88.0 Å². The topological polar surface area (TPSA) is 65.7 Å². The van der Waals surface area contributed by atoms with Crippen molar-refractivity contribution in [1.29, 1.82) is 0 Å². The van der Waals surface area contributed by atoms with E-state index in [0.29, 0.717) is 29.7 Å². The maximum Gasteiger partial charge on any atom is 0.344 e. The highest BCUT2D eigenvalue weighted by atomic mass is 16.6. The maximum atomic E-state index is 13.8. The molecule has 3 rings (SSSR count). The largest absolute Gasteiger partial charge is 0.484 e. The average molecular weight is 605 g/mol.